The van der Waals surface area contributed by atoms with Crippen LogP contribution in [0.2, 0.25) is 0 Å². The standard InChI is InChI=1S/C18H32N2O/c1-6-19-14-18(4,17-10-8-7-9-11-17)15-20(5)12-13-21-16(2)3/h7-11,16,19H,6,12-15H2,1-5H3. The predicted octanol–water partition coefficient (Wildman–Crippen LogP) is 2.91. The Morgan fingerprint density at radius 2 is 1.90 bits per heavy atom. The van der Waals surface area contributed by atoms with Gasteiger partial charge in [0.15, 0.2) is 0 Å². The van der Waals surface area contributed by atoms with Crippen LogP contribution in [0.3, 0.4) is 0 Å². The van der Waals surface area contributed by atoms with E-state index < -0.39 is 0 Å². The Bertz CT molecular complexity index is 380. The van der Waals surface area contributed by atoms with Crippen molar-refractivity contribution in [1.82, 2.24) is 10.2 Å². The smallest absolute Gasteiger partial charge is 0.0596 e. The second-order valence-electron chi connectivity index (χ2n) is 6.36. The van der Waals surface area contributed by atoms with Crippen LogP contribution in [0.1, 0.15) is 33.3 Å². The van der Waals surface area contributed by atoms with Crippen LogP contribution in [0.15, 0.2) is 30.3 Å². The highest BCUT2D eigenvalue weighted by molar-refractivity contribution is 5.25. The van der Waals surface area contributed by atoms with Crippen LogP contribution in [-0.2, 0) is 10.2 Å². The maximum atomic E-state index is 5.66. The molecule has 1 aromatic carbocycles. The Balaban J connectivity index is 2.65. The molecule has 0 spiro atoms. The van der Waals surface area contributed by atoms with Gasteiger partial charge in [-0.05, 0) is 33.0 Å². The summed E-state index contributed by atoms with van der Waals surface area (Å²) in [6.07, 6.45) is 0.306. The fraction of sp³-hybridized carbons (Fsp3) is 0.667. The van der Waals surface area contributed by atoms with Gasteiger partial charge in [-0.2, -0.15) is 0 Å². The minimum absolute atomic E-state index is 0.115. The summed E-state index contributed by atoms with van der Waals surface area (Å²) in [5.41, 5.74) is 1.51. The molecule has 0 fully saturated rings. The third kappa shape index (κ3) is 6.60. The normalized spacial score (nSPS) is 14.6. The van der Waals surface area contributed by atoms with Crippen LogP contribution < -0.4 is 5.32 Å². The van der Waals surface area contributed by atoms with Gasteiger partial charge in [-0.1, -0.05) is 44.2 Å². The highest BCUT2D eigenvalue weighted by Crippen LogP contribution is 2.24. The lowest BCUT2D eigenvalue weighted by Gasteiger charge is -2.35. The van der Waals surface area contributed by atoms with Gasteiger partial charge in [-0.3, -0.25) is 0 Å². The molecule has 1 N–H and O–H groups in total. The fourth-order valence-corrected chi connectivity index (χ4v) is 2.61. The molecule has 0 amide bonds. The van der Waals surface area contributed by atoms with Crippen molar-refractivity contribution in [1.29, 1.82) is 0 Å². The SMILES string of the molecule is CCNCC(C)(CN(C)CCOC(C)C)c1ccccc1. The number of benzene rings is 1. The van der Waals surface area contributed by atoms with E-state index in [-0.39, 0.29) is 5.41 Å². The molecule has 1 unspecified atom stereocenters. The maximum Gasteiger partial charge on any atom is 0.0596 e. The average Bonchev–Trinajstić information content (AvgIpc) is 2.45. The maximum absolute atomic E-state index is 5.66. The molecular weight excluding hydrogens is 260 g/mol. The molecule has 3 nitrogen and oxygen atoms in total. The van der Waals surface area contributed by atoms with Gasteiger partial charge in [0.25, 0.3) is 0 Å². The zero-order chi connectivity index (χ0) is 15.7. The Morgan fingerprint density at radius 1 is 1.24 bits per heavy atom. The Morgan fingerprint density at radius 3 is 2.48 bits per heavy atom. The van der Waals surface area contributed by atoms with Gasteiger partial charge in [0.05, 0.1) is 12.7 Å². The van der Waals surface area contributed by atoms with Crippen molar-refractivity contribution in [3.63, 3.8) is 0 Å². The van der Waals surface area contributed by atoms with E-state index in [0.29, 0.717) is 6.10 Å². The van der Waals surface area contributed by atoms with Gasteiger partial charge >= 0.3 is 0 Å². The van der Waals surface area contributed by atoms with E-state index in [1.54, 1.807) is 0 Å². The lowest BCUT2D eigenvalue weighted by atomic mass is 9.81. The quantitative estimate of drug-likeness (QED) is 0.717. The highest BCUT2D eigenvalue weighted by Gasteiger charge is 2.27. The topological polar surface area (TPSA) is 24.5 Å². The monoisotopic (exact) mass is 292 g/mol. The number of nitrogens with zero attached hydrogens (tertiary/aromatic N) is 1. The van der Waals surface area contributed by atoms with Gasteiger partial charge < -0.3 is 15.0 Å². The molecular formula is C18H32N2O. The molecule has 120 valence electrons. The van der Waals surface area contributed by atoms with E-state index >= 15 is 0 Å². The molecule has 0 saturated carbocycles. The molecule has 0 saturated heterocycles. The van der Waals surface area contributed by atoms with Crippen molar-refractivity contribution in [3.8, 4) is 0 Å². The second-order valence-corrected chi connectivity index (χ2v) is 6.36. The number of ether oxygens (including phenoxy) is 1. The number of rotatable bonds is 10. The van der Waals surface area contributed by atoms with E-state index in [2.05, 4.69) is 75.3 Å². The summed E-state index contributed by atoms with van der Waals surface area (Å²) in [6.45, 7) is 13.4. The highest BCUT2D eigenvalue weighted by atomic mass is 16.5. The summed E-state index contributed by atoms with van der Waals surface area (Å²) < 4.78 is 5.66. The Hall–Kier alpha value is -0.900. The van der Waals surface area contributed by atoms with Crippen molar-refractivity contribution in [2.75, 3.05) is 39.8 Å². The molecule has 0 bridgehead atoms. The van der Waals surface area contributed by atoms with Crippen LogP contribution in [0.5, 0.6) is 0 Å². The predicted molar refractivity (Wildman–Crippen MR) is 90.9 cm³/mol. The number of likely N-dealkylation sites (N-methyl/N-ethyl adjacent to an activating group) is 2. The number of hydrogen-bond acceptors (Lipinski definition) is 3. The summed E-state index contributed by atoms with van der Waals surface area (Å²) in [5, 5.41) is 3.51. The third-order valence-corrected chi connectivity index (χ3v) is 3.78. The second kappa shape index (κ2) is 9.19. The summed E-state index contributed by atoms with van der Waals surface area (Å²) in [4.78, 5) is 2.37. The lowest BCUT2D eigenvalue weighted by molar-refractivity contribution is 0.0602. The lowest BCUT2D eigenvalue weighted by Crippen LogP contribution is -2.45. The number of nitrogens with one attached hydrogen (secondary N) is 1. The third-order valence-electron chi connectivity index (χ3n) is 3.78. The molecule has 1 aromatic rings. The summed E-state index contributed by atoms with van der Waals surface area (Å²) >= 11 is 0. The fourth-order valence-electron chi connectivity index (χ4n) is 2.61. The molecule has 0 aliphatic rings. The van der Waals surface area contributed by atoms with Crippen LogP contribution in [0.25, 0.3) is 0 Å². The summed E-state index contributed by atoms with van der Waals surface area (Å²) in [5.74, 6) is 0. The van der Waals surface area contributed by atoms with E-state index in [4.69, 9.17) is 4.74 Å². The summed E-state index contributed by atoms with van der Waals surface area (Å²) in [7, 11) is 2.18. The first-order valence-corrected chi connectivity index (χ1v) is 8.04. The summed E-state index contributed by atoms with van der Waals surface area (Å²) in [6, 6.07) is 10.8. The van der Waals surface area contributed by atoms with Crippen LogP contribution in [-0.4, -0.2) is 50.8 Å². The van der Waals surface area contributed by atoms with Crippen LogP contribution >= 0.6 is 0 Å². The van der Waals surface area contributed by atoms with Gasteiger partial charge in [-0.25, -0.2) is 0 Å². The zero-order valence-corrected chi connectivity index (χ0v) is 14.4. The van der Waals surface area contributed by atoms with Gasteiger partial charge in [0, 0.05) is 25.0 Å². The average molecular weight is 292 g/mol. The molecule has 0 radical (unpaired) electrons. The minimum Gasteiger partial charge on any atom is -0.377 e. The minimum atomic E-state index is 0.115. The molecule has 1 rings (SSSR count). The van der Waals surface area contributed by atoms with E-state index in [1.807, 2.05) is 0 Å². The van der Waals surface area contributed by atoms with Crippen LogP contribution in [0.4, 0.5) is 0 Å². The van der Waals surface area contributed by atoms with E-state index in [9.17, 15) is 0 Å². The van der Waals surface area contributed by atoms with Crippen molar-refractivity contribution in [3.05, 3.63) is 35.9 Å². The largest absolute Gasteiger partial charge is 0.377 e. The van der Waals surface area contributed by atoms with Gasteiger partial charge in [0.2, 0.25) is 0 Å². The first kappa shape index (κ1) is 18.1. The molecule has 3 heteroatoms. The van der Waals surface area contributed by atoms with Gasteiger partial charge in [-0.15, -0.1) is 0 Å². The van der Waals surface area contributed by atoms with Crippen molar-refractivity contribution >= 4 is 0 Å². The number of hydrogen-bond donors (Lipinski definition) is 1. The molecule has 0 heterocycles. The van der Waals surface area contributed by atoms with E-state index in [1.165, 1.54) is 5.56 Å². The first-order chi connectivity index (χ1) is 9.98. The molecule has 0 aromatic heterocycles. The molecule has 1 atom stereocenters. The van der Waals surface area contributed by atoms with E-state index in [0.717, 1.165) is 32.8 Å². The van der Waals surface area contributed by atoms with Crippen molar-refractivity contribution < 1.29 is 4.74 Å². The van der Waals surface area contributed by atoms with Crippen molar-refractivity contribution in [2.24, 2.45) is 0 Å². The Kier molecular flexibility index (Phi) is 7.94. The molecule has 0 aliphatic carbocycles. The van der Waals surface area contributed by atoms with Crippen molar-refractivity contribution in [2.45, 2.75) is 39.2 Å². The molecule has 21 heavy (non-hydrogen) atoms. The van der Waals surface area contributed by atoms with Crippen LogP contribution in [0, 0.1) is 0 Å². The Labute approximate surface area is 130 Å². The zero-order valence-electron chi connectivity index (χ0n) is 14.4. The molecule has 0 aliphatic heterocycles. The first-order valence-electron chi connectivity index (χ1n) is 8.04. The van der Waals surface area contributed by atoms with Gasteiger partial charge in [0.1, 0.15) is 0 Å².